The Bertz CT molecular complexity index is 2250. The topological polar surface area (TPSA) is 38.9 Å². The molecule has 0 saturated heterocycles. The van der Waals surface area contributed by atoms with Crippen molar-refractivity contribution in [2.45, 2.75) is 72.5 Å². The minimum atomic E-state index is -1.34. The van der Waals surface area contributed by atoms with Crippen molar-refractivity contribution < 1.29 is 28.9 Å². The molecule has 0 fully saturated rings. The summed E-state index contributed by atoms with van der Waals surface area (Å²) in [7, 11) is -1.34. The fourth-order valence-corrected chi connectivity index (χ4v) is 8.45. The molecule has 0 amide bonds. The molecule has 1 radical (unpaired) electrons. The van der Waals surface area contributed by atoms with E-state index in [9.17, 15) is 4.39 Å². The van der Waals surface area contributed by atoms with E-state index < -0.39 is 8.07 Å². The molecular weight excluding hydrogens is 836 g/mol. The second kappa shape index (κ2) is 17.1. The molecule has 3 nitrogen and oxygen atoms in total. The molecule has 0 spiro atoms. The molecule has 4 aromatic carbocycles. The van der Waals surface area contributed by atoms with Gasteiger partial charge in [-0.1, -0.05) is 106 Å². The van der Waals surface area contributed by atoms with Crippen molar-refractivity contribution in [3.05, 3.63) is 139 Å². The van der Waals surface area contributed by atoms with E-state index in [1.54, 1.807) is 6.07 Å². The third-order valence-electron chi connectivity index (χ3n) is 9.50. The van der Waals surface area contributed by atoms with E-state index in [1.165, 1.54) is 28.4 Å². The minimum absolute atomic E-state index is 0. The summed E-state index contributed by atoms with van der Waals surface area (Å²) in [4.78, 5) is 9.31. The van der Waals surface area contributed by atoms with Gasteiger partial charge in [-0.2, -0.15) is 0 Å². The summed E-state index contributed by atoms with van der Waals surface area (Å²) in [6.07, 6.45) is 7.31. The van der Waals surface area contributed by atoms with Crippen molar-refractivity contribution in [2.75, 3.05) is 0 Å². The maximum absolute atomic E-state index is 13.7. The zero-order chi connectivity index (χ0) is 36.1. The number of hydrogen-bond acceptors (Lipinski definition) is 3. The van der Waals surface area contributed by atoms with E-state index in [0.717, 1.165) is 74.8 Å². The van der Waals surface area contributed by atoms with Crippen LogP contribution < -0.4 is 5.19 Å². The number of pyridine rings is 2. The van der Waals surface area contributed by atoms with E-state index in [0.29, 0.717) is 11.8 Å². The Balaban J connectivity index is 0.000000217. The van der Waals surface area contributed by atoms with Gasteiger partial charge < -0.3 is 14.4 Å². The van der Waals surface area contributed by atoms with Crippen LogP contribution in [0.2, 0.25) is 19.6 Å². The maximum Gasteiger partial charge on any atom is 0.123 e. The number of halogens is 1. The SMILES string of the molecule is CC(C)Cc1cc(-c2[c-]cccc2)ncc1[Si](C)(C)C.CCC(CC)c1ccnc(-c2[c-]ccc3c2oc2cc(-c4cccc(F)c4)ccc23)c1.[Ir]. The smallest absolute Gasteiger partial charge is 0.123 e. The predicted molar refractivity (Wildman–Crippen MR) is 215 cm³/mol. The first kappa shape index (κ1) is 39.0. The molecule has 0 unspecified atom stereocenters. The van der Waals surface area contributed by atoms with Crippen LogP contribution in [0.3, 0.4) is 0 Å². The van der Waals surface area contributed by atoms with Gasteiger partial charge >= 0.3 is 0 Å². The summed E-state index contributed by atoms with van der Waals surface area (Å²) < 4.78 is 20.0. The van der Waals surface area contributed by atoms with Gasteiger partial charge in [-0.15, -0.1) is 54.1 Å². The fraction of sp³-hybridized carbons (Fsp3) is 0.261. The van der Waals surface area contributed by atoms with Gasteiger partial charge in [0.15, 0.2) is 0 Å². The summed E-state index contributed by atoms with van der Waals surface area (Å²) in [5.41, 5.74) is 9.94. The van der Waals surface area contributed by atoms with Gasteiger partial charge in [0.1, 0.15) is 11.4 Å². The molecule has 7 aromatic rings. The van der Waals surface area contributed by atoms with Gasteiger partial charge in [0.25, 0.3) is 0 Å². The predicted octanol–water partition coefficient (Wildman–Crippen LogP) is 12.4. The Morgan fingerprint density at radius 1 is 0.769 bits per heavy atom. The zero-order valence-electron chi connectivity index (χ0n) is 31.2. The number of benzene rings is 4. The Hall–Kier alpha value is -4.22. The van der Waals surface area contributed by atoms with Crippen molar-refractivity contribution in [3.8, 4) is 33.6 Å². The zero-order valence-corrected chi connectivity index (χ0v) is 34.6. The van der Waals surface area contributed by atoms with Crippen LogP contribution in [0.4, 0.5) is 4.39 Å². The largest absolute Gasteiger partial charge is 0.501 e. The average Bonchev–Trinajstić information content (AvgIpc) is 3.50. The van der Waals surface area contributed by atoms with Crippen LogP contribution in [0.15, 0.2) is 114 Å². The first-order chi connectivity index (χ1) is 24.5. The average molecular weight is 883 g/mol. The second-order valence-corrected chi connectivity index (χ2v) is 19.8. The number of hydrogen-bond donors (Lipinski definition) is 0. The van der Waals surface area contributed by atoms with Gasteiger partial charge in [0, 0.05) is 37.9 Å². The number of fused-ring (bicyclic) bond motifs is 3. The van der Waals surface area contributed by atoms with E-state index >= 15 is 0 Å². The second-order valence-electron chi connectivity index (χ2n) is 14.8. The Labute approximate surface area is 323 Å². The van der Waals surface area contributed by atoms with Crippen molar-refractivity contribution in [1.82, 2.24) is 9.97 Å². The quantitative estimate of drug-likeness (QED) is 0.107. The molecule has 0 N–H and O–H groups in total. The summed E-state index contributed by atoms with van der Waals surface area (Å²) >= 11 is 0. The summed E-state index contributed by atoms with van der Waals surface area (Å²) in [6.45, 7) is 16.2. The minimum Gasteiger partial charge on any atom is -0.501 e. The van der Waals surface area contributed by atoms with Crippen molar-refractivity contribution in [3.63, 3.8) is 0 Å². The fourth-order valence-electron chi connectivity index (χ4n) is 6.86. The van der Waals surface area contributed by atoms with Crippen molar-refractivity contribution in [2.24, 2.45) is 5.92 Å². The molecule has 269 valence electrons. The molecule has 6 heteroatoms. The van der Waals surface area contributed by atoms with Crippen LogP contribution in [0.1, 0.15) is 57.6 Å². The van der Waals surface area contributed by atoms with E-state index in [1.807, 2.05) is 60.8 Å². The molecule has 0 bridgehead atoms. The third-order valence-corrected chi connectivity index (χ3v) is 11.6. The number of nitrogens with zero attached hydrogens (tertiary/aromatic N) is 2. The molecule has 7 rings (SSSR count). The summed E-state index contributed by atoms with van der Waals surface area (Å²) in [5, 5.41) is 3.55. The van der Waals surface area contributed by atoms with Crippen LogP contribution >= 0.6 is 0 Å². The molecule has 0 aliphatic heterocycles. The van der Waals surface area contributed by atoms with Gasteiger partial charge in [0.05, 0.1) is 13.7 Å². The van der Waals surface area contributed by atoms with Crippen molar-refractivity contribution >= 4 is 35.2 Å². The number of aromatic nitrogens is 2. The molecule has 0 aliphatic rings. The van der Waals surface area contributed by atoms with Gasteiger partial charge in [0.2, 0.25) is 0 Å². The van der Waals surface area contributed by atoms with Gasteiger partial charge in [-0.3, -0.25) is 0 Å². The molecule has 52 heavy (non-hydrogen) atoms. The number of furan rings is 1. The van der Waals surface area contributed by atoms with E-state index in [2.05, 4.69) is 99.9 Å². The molecule has 0 atom stereocenters. The van der Waals surface area contributed by atoms with E-state index in [-0.39, 0.29) is 25.9 Å². The van der Waals surface area contributed by atoms with E-state index in [4.69, 9.17) is 4.42 Å². The maximum atomic E-state index is 13.7. The molecule has 3 heterocycles. The Morgan fingerprint density at radius 2 is 1.56 bits per heavy atom. The third kappa shape index (κ3) is 8.86. The van der Waals surface area contributed by atoms with Crippen molar-refractivity contribution in [1.29, 1.82) is 0 Å². The Kier molecular flexibility index (Phi) is 12.8. The van der Waals surface area contributed by atoms with Crippen LogP contribution in [-0.2, 0) is 26.5 Å². The first-order valence-corrected chi connectivity index (χ1v) is 21.6. The summed E-state index contributed by atoms with van der Waals surface area (Å²) in [6, 6.07) is 37.8. The number of rotatable bonds is 9. The molecular formula is C46H47FIrN2OSi-2. The van der Waals surface area contributed by atoms with Crippen LogP contribution in [0.5, 0.6) is 0 Å². The normalized spacial score (nSPS) is 11.5. The monoisotopic (exact) mass is 883 g/mol. The molecule has 3 aromatic heterocycles. The molecule has 0 aliphatic carbocycles. The van der Waals surface area contributed by atoms with Crippen LogP contribution in [0, 0.1) is 23.9 Å². The molecule has 0 saturated carbocycles. The standard InChI is InChI=1S/C28H23FNO.C18H24NSi.Ir/c1-3-18(4-2)21-13-14-30-26(16-21)25-10-6-9-24-23-12-11-20(17-27(23)31-28(24)25)19-7-5-8-22(29)15-19;1-14(2)11-16-12-17(15-9-7-6-8-10-15)19-13-18(16)20(3,4)5;/h5-9,11-18H,3-4H2,1-2H3;6-9,12-14H,11H2,1-5H3;/q2*-1;. The Morgan fingerprint density at radius 3 is 2.25 bits per heavy atom. The van der Waals surface area contributed by atoms with Gasteiger partial charge in [-0.25, -0.2) is 4.39 Å². The first-order valence-electron chi connectivity index (χ1n) is 18.1. The van der Waals surface area contributed by atoms with Gasteiger partial charge in [-0.05, 0) is 83.1 Å². The van der Waals surface area contributed by atoms with Crippen LogP contribution in [0.25, 0.3) is 55.6 Å². The van der Waals surface area contributed by atoms with Crippen LogP contribution in [-0.4, -0.2) is 18.0 Å². The summed E-state index contributed by atoms with van der Waals surface area (Å²) in [5.74, 6) is 0.938.